The number of halogens is 1. The first kappa shape index (κ1) is 11.1. The molecular formula is C12H13BrO. The van der Waals surface area contributed by atoms with Gasteiger partial charge in [0.15, 0.2) is 0 Å². The van der Waals surface area contributed by atoms with Crippen LogP contribution in [0.1, 0.15) is 18.9 Å². The van der Waals surface area contributed by atoms with Crippen molar-refractivity contribution in [3.63, 3.8) is 0 Å². The van der Waals surface area contributed by atoms with Crippen molar-refractivity contribution in [3.8, 4) is 17.6 Å². The van der Waals surface area contributed by atoms with E-state index in [9.17, 15) is 0 Å². The molecule has 0 bridgehead atoms. The first-order chi connectivity index (χ1) is 6.77. The summed E-state index contributed by atoms with van der Waals surface area (Å²) in [6.07, 6.45) is 1.81. The molecular weight excluding hydrogens is 240 g/mol. The standard InChI is InChI=1S/C12H13BrO/c1-3-4-5-6-10-9-11(13)7-8-12(10)14-2/h7-9H,5-6H2,1-2H3. The van der Waals surface area contributed by atoms with Crippen molar-refractivity contribution in [2.45, 2.75) is 19.8 Å². The largest absolute Gasteiger partial charge is 0.496 e. The summed E-state index contributed by atoms with van der Waals surface area (Å²) in [5.74, 6) is 6.87. The quantitative estimate of drug-likeness (QED) is 0.750. The number of aryl methyl sites for hydroxylation is 1. The van der Waals surface area contributed by atoms with Crippen molar-refractivity contribution in [2.75, 3.05) is 7.11 Å². The fraction of sp³-hybridized carbons (Fsp3) is 0.333. The highest BCUT2D eigenvalue weighted by Gasteiger charge is 2.02. The lowest BCUT2D eigenvalue weighted by molar-refractivity contribution is 0.409. The second-order valence-corrected chi connectivity index (χ2v) is 3.80. The Morgan fingerprint density at radius 3 is 2.86 bits per heavy atom. The number of hydrogen-bond donors (Lipinski definition) is 0. The van der Waals surface area contributed by atoms with Gasteiger partial charge in [-0.1, -0.05) is 15.9 Å². The van der Waals surface area contributed by atoms with Crippen molar-refractivity contribution in [1.82, 2.24) is 0 Å². The van der Waals surface area contributed by atoms with Crippen molar-refractivity contribution < 1.29 is 4.74 Å². The van der Waals surface area contributed by atoms with Crippen molar-refractivity contribution in [3.05, 3.63) is 28.2 Å². The molecule has 0 amide bonds. The Labute approximate surface area is 93.6 Å². The van der Waals surface area contributed by atoms with Gasteiger partial charge >= 0.3 is 0 Å². The Balaban J connectivity index is 2.80. The van der Waals surface area contributed by atoms with Gasteiger partial charge in [0.05, 0.1) is 7.11 Å². The fourth-order valence-corrected chi connectivity index (χ4v) is 1.67. The van der Waals surface area contributed by atoms with E-state index < -0.39 is 0 Å². The summed E-state index contributed by atoms with van der Waals surface area (Å²) >= 11 is 3.44. The van der Waals surface area contributed by atoms with Gasteiger partial charge in [-0.15, -0.1) is 11.8 Å². The topological polar surface area (TPSA) is 9.23 Å². The van der Waals surface area contributed by atoms with E-state index >= 15 is 0 Å². The summed E-state index contributed by atoms with van der Waals surface area (Å²) < 4.78 is 6.34. The van der Waals surface area contributed by atoms with Gasteiger partial charge < -0.3 is 4.74 Å². The summed E-state index contributed by atoms with van der Waals surface area (Å²) in [5.41, 5.74) is 1.20. The molecule has 2 heteroatoms. The van der Waals surface area contributed by atoms with E-state index in [2.05, 4.69) is 33.8 Å². The van der Waals surface area contributed by atoms with Crippen LogP contribution in [0.4, 0.5) is 0 Å². The smallest absolute Gasteiger partial charge is 0.122 e. The SMILES string of the molecule is CC#CCCc1cc(Br)ccc1OC. The maximum absolute atomic E-state index is 5.26. The average molecular weight is 253 g/mol. The van der Waals surface area contributed by atoms with Gasteiger partial charge in [0, 0.05) is 10.9 Å². The maximum Gasteiger partial charge on any atom is 0.122 e. The summed E-state index contributed by atoms with van der Waals surface area (Å²) in [4.78, 5) is 0. The molecule has 14 heavy (non-hydrogen) atoms. The molecule has 0 spiro atoms. The minimum Gasteiger partial charge on any atom is -0.496 e. The highest BCUT2D eigenvalue weighted by atomic mass is 79.9. The Hall–Kier alpha value is -0.940. The fourth-order valence-electron chi connectivity index (χ4n) is 1.26. The molecule has 1 rings (SSSR count). The van der Waals surface area contributed by atoms with Crippen LogP contribution in [0.2, 0.25) is 0 Å². The zero-order valence-electron chi connectivity index (χ0n) is 8.43. The molecule has 0 heterocycles. The van der Waals surface area contributed by atoms with Crippen molar-refractivity contribution in [2.24, 2.45) is 0 Å². The first-order valence-corrected chi connectivity index (χ1v) is 5.29. The molecule has 0 atom stereocenters. The maximum atomic E-state index is 5.26. The third kappa shape index (κ3) is 3.08. The molecule has 0 aliphatic rings. The summed E-state index contributed by atoms with van der Waals surface area (Å²) in [6, 6.07) is 6.03. The monoisotopic (exact) mass is 252 g/mol. The first-order valence-electron chi connectivity index (χ1n) is 4.50. The Bertz CT molecular complexity index is 360. The molecule has 0 saturated carbocycles. The predicted molar refractivity (Wildman–Crippen MR) is 62.5 cm³/mol. The van der Waals surface area contributed by atoms with Crippen molar-refractivity contribution >= 4 is 15.9 Å². The number of rotatable bonds is 3. The van der Waals surface area contributed by atoms with Gasteiger partial charge in [-0.2, -0.15) is 0 Å². The Kier molecular flexibility index (Phi) is 4.55. The number of benzene rings is 1. The van der Waals surface area contributed by atoms with E-state index in [1.807, 2.05) is 19.1 Å². The van der Waals surface area contributed by atoms with Crippen LogP contribution in [0.15, 0.2) is 22.7 Å². The second kappa shape index (κ2) is 5.72. The molecule has 74 valence electrons. The van der Waals surface area contributed by atoms with Crippen LogP contribution >= 0.6 is 15.9 Å². The molecule has 0 N–H and O–H groups in total. The molecule has 0 radical (unpaired) electrons. The average Bonchev–Trinajstić information content (AvgIpc) is 2.19. The summed E-state index contributed by atoms with van der Waals surface area (Å²) in [7, 11) is 1.69. The summed E-state index contributed by atoms with van der Waals surface area (Å²) in [6.45, 7) is 1.86. The van der Waals surface area contributed by atoms with Crippen LogP contribution in [0.25, 0.3) is 0 Å². The highest BCUT2D eigenvalue weighted by Crippen LogP contribution is 2.23. The number of ether oxygens (including phenoxy) is 1. The van der Waals surface area contributed by atoms with Crippen LogP contribution in [0.5, 0.6) is 5.75 Å². The van der Waals surface area contributed by atoms with Gasteiger partial charge in [-0.05, 0) is 37.1 Å². The zero-order valence-corrected chi connectivity index (χ0v) is 10.0. The minimum absolute atomic E-state index is 0.878. The van der Waals surface area contributed by atoms with Crippen molar-refractivity contribution in [1.29, 1.82) is 0 Å². The van der Waals surface area contributed by atoms with Crippen LogP contribution in [0.3, 0.4) is 0 Å². The van der Waals surface area contributed by atoms with Gasteiger partial charge in [0.1, 0.15) is 5.75 Å². The molecule has 0 fully saturated rings. The molecule has 1 aromatic rings. The molecule has 0 aromatic heterocycles. The second-order valence-electron chi connectivity index (χ2n) is 2.88. The lowest BCUT2D eigenvalue weighted by Gasteiger charge is -2.06. The van der Waals surface area contributed by atoms with Gasteiger partial charge in [-0.25, -0.2) is 0 Å². The van der Waals surface area contributed by atoms with E-state index in [4.69, 9.17) is 4.74 Å². The number of methoxy groups -OCH3 is 1. The summed E-state index contributed by atoms with van der Waals surface area (Å²) in [5, 5.41) is 0. The molecule has 0 saturated heterocycles. The van der Waals surface area contributed by atoms with Gasteiger partial charge in [-0.3, -0.25) is 0 Å². The molecule has 1 aromatic carbocycles. The molecule has 1 nitrogen and oxygen atoms in total. The Morgan fingerprint density at radius 1 is 1.43 bits per heavy atom. The van der Waals surface area contributed by atoms with E-state index in [0.717, 1.165) is 23.1 Å². The van der Waals surface area contributed by atoms with E-state index in [0.29, 0.717) is 0 Å². The zero-order chi connectivity index (χ0) is 10.4. The third-order valence-electron chi connectivity index (χ3n) is 1.94. The Morgan fingerprint density at radius 2 is 2.21 bits per heavy atom. The lowest BCUT2D eigenvalue weighted by Crippen LogP contribution is -1.91. The minimum atomic E-state index is 0.878. The van der Waals surface area contributed by atoms with E-state index in [1.54, 1.807) is 7.11 Å². The van der Waals surface area contributed by atoms with Crippen LogP contribution in [-0.4, -0.2) is 7.11 Å². The van der Waals surface area contributed by atoms with Gasteiger partial charge in [0.25, 0.3) is 0 Å². The van der Waals surface area contributed by atoms with Crippen LogP contribution < -0.4 is 4.74 Å². The van der Waals surface area contributed by atoms with E-state index in [-0.39, 0.29) is 0 Å². The molecule has 0 unspecified atom stereocenters. The van der Waals surface area contributed by atoms with Crippen LogP contribution in [-0.2, 0) is 6.42 Å². The van der Waals surface area contributed by atoms with Crippen LogP contribution in [0, 0.1) is 11.8 Å². The third-order valence-corrected chi connectivity index (χ3v) is 2.43. The predicted octanol–water partition coefficient (Wildman–Crippen LogP) is 3.41. The molecule has 0 aliphatic carbocycles. The highest BCUT2D eigenvalue weighted by molar-refractivity contribution is 9.10. The number of hydrogen-bond acceptors (Lipinski definition) is 1. The molecule has 0 aliphatic heterocycles. The normalized spacial score (nSPS) is 9.07. The lowest BCUT2D eigenvalue weighted by atomic mass is 10.1. The van der Waals surface area contributed by atoms with E-state index in [1.165, 1.54) is 5.56 Å². The van der Waals surface area contributed by atoms with Gasteiger partial charge in [0.2, 0.25) is 0 Å².